The Morgan fingerprint density at radius 3 is 2.50 bits per heavy atom. The first-order chi connectivity index (χ1) is 13.7. The van der Waals surface area contributed by atoms with E-state index in [2.05, 4.69) is 15.2 Å². The summed E-state index contributed by atoms with van der Waals surface area (Å²) < 4.78 is 5.33. The molecule has 1 aliphatic heterocycles. The summed E-state index contributed by atoms with van der Waals surface area (Å²) in [5, 5.41) is 3.40. The van der Waals surface area contributed by atoms with Gasteiger partial charge in [0.15, 0.2) is 11.5 Å². The first-order valence-electron chi connectivity index (χ1n) is 9.32. The molecule has 0 bridgehead atoms. The fraction of sp³-hybridized carbons (Fsp3) is 0.286. The van der Waals surface area contributed by atoms with Crippen LogP contribution in [-0.4, -0.2) is 36.1 Å². The van der Waals surface area contributed by atoms with Crippen LogP contribution in [0.25, 0.3) is 11.0 Å². The number of hydrogen-bond acceptors (Lipinski definition) is 5. The SMILES string of the molecule is COc1ccc(Cl)cc1NC(=O)c1nc2ccccc2nc1N1CCCCC1. The highest BCUT2D eigenvalue weighted by Crippen LogP contribution is 2.30. The van der Waals surface area contributed by atoms with E-state index < -0.39 is 0 Å². The van der Waals surface area contributed by atoms with Gasteiger partial charge in [0, 0.05) is 18.1 Å². The number of para-hydroxylation sites is 2. The number of aromatic nitrogens is 2. The van der Waals surface area contributed by atoms with Gasteiger partial charge in [-0.05, 0) is 49.6 Å². The van der Waals surface area contributed by atoms with E-state index in [4.69, 9.17) is 21.3 Å². The lowest BCUT2D eigenvalue weighted by molar-refractivity contribution is 0.102. The van der Waals surface area contributed by atoms with Gasteiger partial charge in [-0.3, -0.25) is 4.79 Å². The van der Waals surface area contributed by atoms with Gasteiger partial charge in [0.1, 0.15) is 5.75 Å². The largest absolute Gasteiger partial charge is 0.495 e. The first-order valence-corrected chi connectivity index (χ1v) is 9.70. The van der Waals surface area contributed by atoms with Crippen molar-refractivity contribution in [2.45, 2.75) is 19.3 Å². The van der Waals surface area contributed by atoms with Crippen molar-refractivity contribution in [3.63, 3.8) is 0 Å². The van der Waals surface area contributed by atoms with Crippen LogP contribution in [0.4, 0.5) is 11.5 Å². The molecule has 1 amide bonds. The lowest BCUT2D eigenvalue weighted by Gasteiger charge is -2.29. The Balaban J connectivity index is 1.75. The second kappa shape index (κ2) is 8.02. The Morgan fingerprint density at radius 2 is 1.79 bits per heavy atom. The average Bonchev–Trinajstić information content (AvgIpc) is 2.73. The summed E-state index contributed by atoms with van der Waals surface area (Å²) in [6.07, 6.45) is 3.36. The molecule has 7 heteroatoms. The number of carbonyl (C=O) groups is 1. The van der Waals surface area contributed by atoms with E-state index >= 15 is 0 Å². The van der Waals surface area contributed by atoms with Crippen LogP contribution in [0.2, 0.25) is 5.02 Å². The molecule has 1 aromatic heterocycles. The Kier molecular flexibility index (Phi) is 5.30. The molecule has 6 nitrogen and oxygen atoms in total. The van der Waals surface area contributed by atoms with Crippen LogP contribution in [0.1, 0.15) is 29.8 Å². The molecule has 0 atom stereocenters. The minimum absolute atomic E-state index is 0.308. The molecule has 1 fully saturated rings. The van der Waals surface area contributed by atoms with Crippen molar-refractivity contribution in [1.29, 1.82) is 0 Å². The van der Waals surface area contributed by atoms with Crippen LogP contribution in [0.5, 0.6) is 5.75 Å². The van der Waals surface area contributed by atoms with E-state index in [1.807, 2.05) is 24.3 Å². The summed E-state index contributed by atoms with van der Waals surface area (Å²) in [5.74, 6) is 0.822. The van der Waals surface area contributed by atoms with E-state index in [9.17, 15) is 4.79 Å². The summed E-state index contributed by atoms with van der Waals surface area (Å²) in [7, 11) is 1.55. The van der Waals surface area contributed by atoms with Gasteiger partial charge in [0.05, 0.1) is 23.8 Å². The molecule has 1 saturated heterocycles. The van der Waals surface area contributed by atoms with Crippen molar-refractivity contribution in [3.8, 4) is 5.75 Å². The fourth-order valence-corrected chi connectivity index (χ4v) is 3.60. The van der Waals surface area contributed by atoms with E-state index in [1.165, 1.54) is 6.42 Å². The third-order valence-corrected chi connectivity index (χ3v) is 5.07. The van der Waals surface area contributed by atoms with E-state index in [1.54, 1.807) is 25.3 Å². The molecule has 0 spiro atoms. The molecule has 0 radical (unpaired) electrons. The van der Waals surface area contributed by atoms with Crippen LogP contribution < -0.4 is 15.0 Å². The molecule has 2 aromatic carbocycles. The van der Waals surface area contributed by atoms with Crippen LogP contribution >= 0.6 is 11.6 Å². The van der Waals surface area contributed by atoms with Gasteiger partial charge in [-0.25, -0.2) is 9.97 Å². The standard InChI is InChI=1S/C21H21ClN4O2/c1-28-18-10-9-14(22)13-17(18)25-21(27)19-20(26-11-5-2-6-12-26)24-16-8-4-3-7-15(16)23-19/h3-4,7-10,13H,2,5-6,11-12H2,1H3,(H,25,27). The monoisotopic (exact) mass is 396 g/mol. The lowest BCUT2D eigenvalue weighted by Crippen LogP contribution is -2.33. The van der Waals surface area contributed by atoms with Gasteiger partial charge < -0.3 is 15.0 Å². The molecule has 4 rings (SSSR count). The molecular formula is C21H21ClN4O2. The highest BCUT2D eigenvalue weighted by atomic mass is 35.5. The minimum Gasteiger partial charge on any atom is -0.495 e. The fourth-order valence-electron chi connectivity index (χ4n) is 3.43. The number of nitrogens with one attached hydrogen (secondary N) is 1. The highest BCUT2D eigenvalue weighted by molar-refractivity contribution is 6.31. The number of nitrogens with zero attached hydrogens (tertiary/aromatic N) is 3. The number of carbonyl (C=O) groups excluding carboxylic acids is 1. The summed E-state index contributed by atoms with van der Waals surface area (Å²) in [6, 6.07) is 12.7. The van der Waals surface area contributed by atoms with Crippen molar-refractivity contribution in [1.82, 2.24) is 9.97 Å². The number of methoxy groups -OCH3 is 1. The van der Waals surface area contributed by atoms with Crippen LogP contribution in [0.15, 0.2) is 42.5 Å². The topological polar surface area (TPSA) is 67.3 Å². The van der Waals surface area contributed by atoms with Crippen LogP contribution in [0.3, 0.4) is 0 Å². The van der Waals surface area contributed by atoms with Crippen molar-refractivity contribution in [2.24, 2.45) is 0 Å². The van der Waals surface area contributed by atoms with Gasteiger partial charge >= 0.3 is 0 Å². The van der Waals surface area contributed by atoms with Crippen LogP contribution in [0, 0.1) is 0 Å². The number of benzene rings is 2. The lowest BCUT2D eigenvalue weighted by atomic mass is 10.1. The number of amides is 1. The summed E-state index contributed by atoms with van der Waals surface area (Å²) in [4.78, 5) is 24.7. The Bertz CT molecular complexity index is 1020. The number of hydrogen-bond donors (Lipinski definition) is 1. The molecule has 3 aromatic rings. The molecular weight excluding hydrogens is 376 g/mol. The first kappa shape index (κ1) is 18.5. The Labute approximate surface area is 168 Å². The number of ether oxygens (including phenoxy) is 1. The molecule has 0 unspecified atom stereocenters. The average molecular weight is 397 g/mol. The second-order valence-corrected chi connectivity index (χ2v) is 7.17. The van der Waals surface area contributed by atoms with Gasteiger partial charge in [0.2, 0.25) is 0 Å². The van der Waals surface area contributed by atoms with Crippen LogP contribution in [-0.2, 0) is 0 Å². The quantitative estimate of drug-likeness (QED) is 0.701. The number of anilines is 2. The zero-order valence-electron chi connectivity index (χ0n) is 15.6. The van der Waals surface area contributed by atoms with Crippen molar-refractivity contribution in [3.05, 3.63) is 53.2 Å². The Hall–Kier alpha value is -2.86. The molecule has 0 saturated carbocycles. The smallest absolute Gasteiger partial charge is 0.278 e. The van der Waals surface area contributed by atoms with Crippen molar-refractivity contribution < 1.29 is 9.53 Å². The number of piperidine rings is 1. The second-order valence-electron chi connectivity index (χ2n) is 6.73. The molecule has 1 aliphatic rings. The molecule has 1 N–H and O–H groups in total. The van der Waals surface area contributed by atoms with Gasteiger partial charge in [-0.1, -0.05) is 23.7 Å². The van der Waals surface area contributed by atoms with Gasteiger partial charge in [-0.15, -0.1) is 0 Å². The minimum atomic E-state index is -0.334. The third-order valence-electron chi connectivity index (χ3n) is 4.83. The third kappa shape index (κ3) is 3.73. The molecule has 144 valence electrons. The zero-order chi connectivity index (χ0) is 19.5. The van der Waals surface area contributed by atoms with E-state index in [0.29, 0.717) is 33.5 Å². The van der Waals surface area contributed by atoms with E-state index in [0.717, 1.165) is 31.4 Å². The predicted octanol–water partition coefficient (Wildman–Crippen LogP) is 4.53. The summed E-state index contributed by atoms with van der Waals surface area (Å²) in [5.41, 5.74) is 2.27. The van der Waals surface area contributed by atoms with Crippen molar-refractivity contribution in [2.75, 3.05) is 30.4 Å². The normalized spacial score (nSPS) is 14.1. The van der Waals surface area contributed by atoms with E-state index in [-0.39, 0.29) is 5.91 Å². The van der Waals surface area contributed by atoms with Gasteiger partial charge in [-0.2, -0.15) is 0 Å². The molecule has 2 heterocycles. The maximum Gasteiger partial charge on any atom is 0.278 e. The zero-order valence-corrected chi connectivity index (χ0v) is 16.4. The molecule has 0 aliphatic carbocycles. The number of rotatable bonds is 4. The maximum atomic E-state index is 13.2. The maximum absolute atomic E-state index is 13.2. The molecule has 28 heavy (non-hydrogen) atoms. The summed E-state index contributed by atoms with van der Waals surface area (Å²) >= 11 is 6.09. The number of halogens is 1. The predicted molar refractivity (Wildman–Crippen MR) is 112 cm³/mol. The highest BCUT2D eigenvalue weighted by Gasteiger charge is 2.23. The number of fused-ring (bicyclic) bond motifs is 1. The summed E-state index contributed by atoms with van der Waals surface area (Å²) in [6.45, 7) is 1.74. The van der Waals surface area contributed by atoms with Crippen molar-refractivity contribution >= 4 is 40.0 Å². The Morgan fingerprint density at radius 1 is 1.07 bits per heavy atom. The van der Waals surface area contributed by atoms with Gasteiger partial charge in [0.25, 0.3) is 5.91 Å².